The number of benzene rings is 1. The second-order valence-corrected chi connectivity index (χ2v) is 5.87. The van der Waals surface area contributed by atoms with Gasteiger partial charge in [0, 0.05) is 47.7 Å². The van der Waals surface area contributed by atoms with Crippen molar-refractivity contribution in [1.82, 2.24) is 14.8 Å². The van der Waals surface area contributed by atoms with Gasteiger partial charge in [0.2, 0.25) is 0 Å². The second kappa shape index (κ2) is 5.92. The van der Waals surface area contributed by atoms with Crippen LogP contribution in [0.3, 0.4) is 0 Å². The van der Waals surface area contributed by atoms with E-state index in [9.17, 15) is 10.1 Å². The molecule has 124 valence electrons. The molecule has 0 aliphatic rings. The first-order valence-electron chi connectivity index (χ1n) is 7.66. The molecule has 0 atom stereocenters. The Balaban J connectivity index is 2.03. The fourth-order valence-electron chi connectivity index (χ4n) is 2.91. The molecule has 1 N–H and O–H groups in total. The van der Waals surface area contributed by atoms with Gasteiger partial charge in [0.25, 0.3) is 5.69 Å². The molecule has 0 radical (unpaired) electrons. The number of rotatable bonds is 4. The zero-order valence-electron chi connectivity index (χ0n) is 14.1. The number of nitro benzene ring substituents is 1. The van der Waals surface area contributed by atoms with Gasteiger partial charge in [-0.3, -0.25) is 14.8 Å². The third kappa shape index (κ3) is 2.68. The van der Waals surface area contributed by atoms with Gasteiger partial charge in [-0.25, -0.2) is 4.98 Å². The summed E-state index contributed by atoms with van der Waals surface area (Å²) in [5, 5.41) is 19.8. The number of para-hydroxylation sites is 1. The number of nitrogens with one attached hydrogen (secondary N) is 1. The van der Waals surface area contributed by atoms with Crippen LogP contribution < -0.4 is 5.32 Å². The smallest absolute Gasteiger partial charge is 0.295 e. The molecular weight excluding hydrogens is 306 g/mol. The van der Waals surface area contributed by atoms with Crippen LogP contribution in [0.4, 0.5) is 11.4 Å². The van der Waals surface area contributed by atoms with Crippen molar-refractivity contribution < 1.29 is 4.92 Å². The van der Waals surface area contributed by atoms with Crippen LogP contribution >= 0.6 is 0 Å². The van der Waals surface area contributed by atoms with Crippen molar-refractivity contribution in [3.8, 4) is 0 Å². The molecule has 3 aromatic rings. The Bertz CT molecular complexity index is 946. The molecular formula is C17H19N5O2. The Labute approximate surface area is 139 Å². The van der Waals surface area contributed by atoms with Crippen LogP contribution in [0.2, 0.25) is 0 Å². The van der Waals surface area contributed by atoms with E-state index in [-0.39, 0.29) is 5.69 Å². The van der Waals surface area contributed by atoms with Crippen molar-refractivity contribution in [2.24, 2.45) is 7.05 Å². The Hall–Kier alpha value is -2.96. The fraction of sp³-hybridized carbons (Fsp3) is 0.294. The number of hydrogen-bond acceptors (Lipinski definition) is 5. The number of hydrogen-bond donors (Lipinski definition) is 1. The number of aromatic nitrogens is 3. The van der Waals surface area contributed by atoms with E-state index >= 15 is 0 Å². The largest absolute Gasteiger partial charge is 0.380 e. The number of pyridine rings is 1. The molecule has 0 saturated heterocycles. The predicted molar refractivity (Wildman–Crippen MR) is 93.1 cm³/mol. The quantitative estimate of drug-likeness (QED) is 0.587. The lowest BCUT2D eigenvalue weighted by atomic mass is 10.1. The van der Waals surface area contributed by atoms with Gasteiger partial charge < -0.3 is 5.32 Å². The zero-order chi connectivity index (χ0) is 17.4. The molecule has 7 heteroatoms. The topological polar surface area (TPSA) is 85.9 Å². The number of nitro groups is 1. The lowest BCUT2D eigenvalue weighted by Gasteiger charge is -2.11. The third-order valence-corrected chi connectivity index (χ3v) is 4.26. The number of anilines is 1. The van der Waals surface area contributed by atoms with E-state index < -0.39 is 4.92 Å². The highest BCUT2D eigenvalue weighted by Gasteiger charge is 2.16. The van der Waals surface area contributed by atoms with Crippen molar-refractivity contribution in [3.05, 3.63) is 57.0 Å². The normalized spacial score (nSPS) is 11.0. The van der Waals surface area contributed by atoms with Gasteiger partial charge in [-0.1, -0.05) is 12.1 Å². The Morgan fingerprint density at radius 1 is 1.29 bits per heavy atom. The molecule has 1 aromatic carbocycles. The summed E-state index contributed by atoms with van der Waals surface area (Å²) in [4.78, 5) is 15.2. The third-order valence-electron chi connectivity index (χ3n) is 4.26. The lowest BCUT2D eigenvalue weighted by Crippen LogP contribution is -2.04. The van der Waals surface area contributed by atoms with Crippen LogP contribution in [0.15, 0.2) is 24.3 Å². The maximum atomic E-state index is 11.2. The minimum atomic E-state index is -0.395. The Morgan fingerprint density at radius 2 is 2.04 bits per heavy atom. The highest BCUT2D eigenvalue weighted by atomic mass is 16.6. The highest BCUT2D eigenvalue weighted by molar-refractivity contribution is 5.96. The van der Waals surface area contributed by atoms with Crippen LogP contribution in [-0.2, 0) is 13.6 Å². The number of aryl methyl sites for hydroxylation is 3. The van der Waals surface area contributed by atoms with Gasteiger partial charge >= 0.3 is 0 Å². The first-order chi connectivity index (χ1) is 11.4. The summed E-state index contributed by atoms with van der Waals surface area (Å²) in [5.41, 5.74) is 5.20. The Morgan fingerprint density at radius 3 is 2.67 bits per heavy atom. The molecule has 0 unspecified atom stereocenters. The monoisotopic (exact) mass is 325 g/mol. The van der Waals surface area contributed by atoms with Crippen LogP contribution in [-0.4, -0.2) is 19.7 Å². The van der Waals surface area contributed by atoms with E-state index in [2.05, 4.69) is 15.4 Å². The van der Waals surface area contributed by atoms with Gasteiger partial charge in [-0.05, 0) is 26.8 Å². The highest BCUT2D eigenvalue weighted by Crippen LogP contribution is 2.30. The first-order valence-corrected chi connectivity index (χ1v) is 7.66. The molecule has 7 nitrogen and oxygen atoms in total. The zero-order valence-corrected chi connectivity index (χ0v) is 14.1. The van der Waals surface area contributed by atoms with E-state index in [1.54, 1.807) is 6.07 Å². The standard InChI is InChI=1S/C17H19N5O2/c1-10-8-15(18-9-14-11(2)20-21(4)12(14)3)13-6-5-7-16(22(23)24)17(13)19-10/h5-8H,9H2,1-4H3,(H,18,19). The van der Waals surface area contributed by atoms with Gasteiger partial charge in [-0.15, -0.1) is 0 Å². The van der Waals surface area contributed by atoms with Crippen molar-refractivity contribution in [1.29, 1.82) is 0 Å². The Kier molecular flexibility index (Phi) is 3.92. The average molecular weight is 325 g/mol. The molecule has 0 amide bonds. The van der Waals surface area contributed by atoms with E-state index in [1.807, 2.05) is 44.6 Å². The molecule has 0 spiro atoms. The van der Waals surface area contributed by atoms with E-state index in [1.165, 1.54) is 6.07 Å². The molecule has 0 aliphatic heterocycles. The molecule has 0 fully saturated rings. The van der Waals surface area contributed by atoms with Gasteiger partial charge in [0.05, 0.1) is 10.6 Å². The SMILES string of the molecule is Cc1cc(NCc2c(C)nn(C)c2C)c2cccc([N+](=O)[O-])c2n1. The van der Waals surface area contributed by atoms with Crippen LogP contribution in [0.5, 0.6) is 0 Å². The number of nitrogens with zero attached hydrogens (tertiary/aromatic N) is 4. The van der Waals surface area contributed by atoms with Crippen LogP contribution in [0, 0.1) is 30.9 Å². The van der Waals surface area contributed by atoms with E-state index in [4.69, 9.17) is 0 Å². The maximum absolute atomic E-state index is 11.2. The molecule has 24 heavy (non-hydrogen) atoms. The summed E-state index contributed by atoms with van der Waals surface area (Å²) >= 11 is 0. The number of fused-ring (bicyclic) bond motifs is 1. The van der Waals surface area contributed by atoms with Crippen LogP contribution in [0.1, 0.15) is 22.6 Å². The molecule has 2 aromatic heterocycles. The second-order valence-electron chi connectivity index (χ2n) is 5.87. The lowest BCUT2D eigenvalue weighted by molar-refractivity contribution is -0.383. The van der Waals surface area contributed by atoms with Crippen molar-refractivity contribution in [2.45, 2.75) is 27.3 Å². The summed E-state index contributed by atoms with van der Waals surface area (Å²) in [7, 11) is 1.92. The van der Waals surface area contributed by atoms with Gasteiger partial charge in [0.1, 0.15) is 0 Å². The summed E-state index contributed by atoms with van der Waals surface area (Å²) in [6, 6.07) is 6.92. The molecule has 3 rings (SSSR count). The maximum Gasteiger partial charge on any atom is 0.295 e. The summed E-state index contributed by atoms with van der Waals surface area (Å²) in [6.45, 7) is 6.44. The van der Waals surface area contributed by atoms with Crippen molar-refractivity contribution in [2.75, 3.05) is 5.32 Å². The molecule has 2 heterocycles. The predicted octanol–water partition coefficient (Wildman–Crippen LogP) is 3.41. The summed E-state index contributed by atoms with van der Waals surface area (Å²) < 4.78 is 1.85. The van der Waals surface area contributed by atoms with Crippen LogP contribution in [0.25, 0.3) is 10.9 Å². The molecule has 0 aliphatic carbocycles. The van der Waals surface area contributed by atoms with Gasteiger partial charge in [-0.2, -0.15) is 5.10 Å². The first kappa shape index (κ1) is 15.9. The summed E-state index contributed by atoms with van der Waals surface area (Å²) in [5.74, 6) is 0. The molecule has 0 bridgehead atoms. The minimum Gasteiger partial charge on any atom is -0.380 e. The van der Waals surface area contributed by atoms with Crippen molar-refractivity contribution in [3.63, 3.8) is 0 Å². The fourth-order valence-corrected chi connectivity index (χ4v) is 2.91. The summed E-state index contributed by atoms with van der Waals surface area (Å²) in [6.07, 6.45) is 0. The minimum absolute atomic E-state index is 0.0213. The van der Waals surface area contributed by atoms with Gasteiger partial charge in [0.15, 0.2) is 5.52 Å². The van der Waals surface area contributed by atoms with E-state index in [0.29, 0.717) is 12.1 Å². The average Bonchev–Trinajstić information content (AvgIpc) is 2.77. The van der Waals surface area contributed by atoms with E-state index in [0.717, 1.165) is 33.7 Å². The number of non-ortho nitro benzene ring substituents is 1. The molecule has 0 saturated carbocycles. The van der Waals surface area contributed by atoms with Crippen molar-refractivity contribution >= 4 is 22.3 Å².